The summed E-state index contributed by atoms with van der Waals surface area (Å²) in [5.74, 6) is 0.870. The molecule has 164 valence electrons. The van der Waals surface area contributed by atoms with Crippen molar-refractivity contribution in [2.24, 2.45) is 4.99 Å². The summed E-state index contributed by atoms with van der Waals surface area (Å²) >= 11 is 20.6. The van der Waals surface area contributed by atoms with Crippen LogP contribution in [-0.2, 0) is 4.79 Å². The van der Waals surface area contributed by atoms with Crippen LogP contribution in [0, 0.1) is 0 Å². The lowest BCUT2D eigenvalue weighted by atomic mass is 10.2. The second kappa shape index (κ2) is 8.84. The smallest absolute Gasteiger partial charge is 0.282 e. The fourth-order valence-corrected chi connectivity index (χ4v) is 5.52. The Labute approximate surface area is 209 Å². The molecule has 0 radical (unpaired) electrons. The second-order valence-electron chi connectivity index (χ2n) is 7.21. The molecule has 1 aliphatic rings. The van der Waals surface area contributed by atoms with Crippen molar-refractivity contribution in [3.63, 3.8) is 0 Å². The van der Waals surface area contributed by atoms with E-state index < -0.39 is 0 Å². The number of hydrogen-bond acceptors (Lipinski definition) is 4. The minimum Gasteiger partial charge on any atom is -0.497 e. The number of hydrogen-bond donors (Lipinski definition) is 0. The molecular weight excluding hydrogens is 499 g/mol. The van der Waals surface area contributed by atoms with Gasteiger partial charge in [-0.3, -0.25) is 9.69 Å². The van der Waals surface area contributed by atoms with E-state index in [2.05, 4.69) is 0 Å². The summed E-state index contributed by atoms with van der Waals surface area (Å²) in [6.07, 6.45) is 1.66. The third-order valence-electron chi connectivity index (χ3n) is 5.18. The molecule has 1 amide bonds. The number of nitrogens with zero attached hydrogens (tertiary/aromatic N) is 2. The van der Waals surface area contributed by atoms with Crippen molar-refractivity contribution in [2.45, 2.75) is 0 Å². The van der Waals surface area contributed by atoms with E-state index in [1.807, 2.05) is 36.4 Å². The Morgan fingerprint density at radius 2 is 1.76 bits per heavy atom. The summed E-state index contributed by atoms with van der Waals surface area (Å²) in [5, 5.41) is 2.43. The lowest BCUT2D eigenvalue weighted by Crippen LogP contribution is -2.32. The number of aliphatic imine (C=N–C) groups is 1. The normalized spacial score (nSPS) is 14.9. The molecule has 0 atom stereocenters. The van der Waals surface area contributed by atoms with E-state index in [9.17, 15) is 4.79 Å². The first kappa shape index (κ1) is 22.0. The summed E-state index contributed by atoms with van der Waals surface area (Å²) in [6.45, 7) is 0. The van der Waals surface area contributed by atoms with Crippen LogP contribution in [0.15, 0.2) is 77.4 Å². The van der Waals surface area contributed by atoms with E-state index in [0.717, 1.165) is 10.1 Å². The predicted octanol–water partition coefficient (Wildman–Crippen LogP) is 7.70. The largest absolute Gasteiger partial charge is 0.497 e. The highest BCUT2D eigenvalue weighted by molar-refractivity contribution is 7.21. The van der Waals surface area contributed by atoms with Crippen molar-refractivity contribution in [3.05, 3.63) is 97.9 Å². The number of halogens is 3. The van der Waals surface area contributed by atoms with E-state index in [4.69, 9.17) is 44.5 Å². The minimum absolute atomic E-state index is 0.249. The van der Waals surface area contributed by atoms with E-state index in [0.29, 0.717) is 42.8 Å². The van der Waals surface area contributed by atoms with Gasteiger partial charge in [-0.1, -0.05) is 59.1 Å². The number of thiophene rings is 1. The molecule has 33 heavy (non-hydrogen) atoms. The molecule has 0 N–H and O–H groups in total. The third-order valence-corrected chi connectivity index (χ3v) is 7.42. The minimum atomic E-state index is -0.283. The molecule has 2 heterocycles. The van der Waals surface area contributed by atoms with Gasteiger partial charge in [0.2, 0.25) is 0 Å². The number of fused-ring (bicyclic) bond motifs is 1. The highest BCUT2D eigenvalue weighted by atomic mass is 35.5. The Morgan fingerprint density at radius 3 is 2.45 bits per heavy atom. The monoisotopic (exact) mass is 512 g/mol. The van der Waals surface area contributed by atoms with Crippen LogP contribution in [0.2, 0.25) is 15.1 Å². The molecule has 1 aliphatic heterocycles. The number of rotatable bonds is 4. The van der Waals surface area contributed by atoms with Crippen LogP contribution in [0.25, 0.3) is 16.2 Å². The van der Waals surface area contributed by atoms with E-state index in [1.54, 1.807) is 48.4 Å². The van der Waals surface area contributed by atoms with Gasteiger partial charge >= 0.3 is 0 Å². The summed E-state index contributed by atoms with van der Waals surface area (Å²) < 4.78 is 6.28. The fourth-order valence-electron chi connectivity index (χ4n) is 3.56. The van der Waals surface area contributed by atoms with Crippen LogP contribution >= 0.6 is 46.1 Å². The van der Waals surface area contributed by atoms with Crippen molar-refractivity contribution in [3.8, 4) is 5.75 Å². The van der Waals surface area contributed by atoms with Crippen molar-refractivity contribution in [1.29, 1.82) is 0 Å². The van der Waals surface area contributed by atoms with Crippen molar-refractivity contribution < 1.29 is 9.53 Å². The summed E-state index contributed by atoms with van der Waals surface area (Å²) in [7, 11) is 1.59. The SMILES string of the molecule is COc1ccc(N2C(=O)/C(=C\c3ccc(Cl)cc3Cl)N=C2c2sc3ccccc3c2Cl)cc1. The number of amides is 1. The lowest BCUT2D eigenvalue weighted by molar-refractivity contribution is -0.113. The van der Waals surface area contributed by atoms with Gasteiger partial charge in [0.15, 0.2) is 5.84 Å². The van der Waals surface area contributed by atoms with E-state index >= 15 is 0 Å². The molecule has 5 rings (SSSR count). The Hall–Kier alpha value is -2.83. The van der Waals surface area contributed by atoms with Gasteiger partial charge in [0.05, 0.1) is 22.7 Å². The zero-order valence-corrected chi connectivity index (χ0v) is 20.3. The molecule has 0 bridgehead atoms. The Bertz CT molecular complexity index is 1460. The first-order chi connectivity index (χ1) is 16.0. The molecule has 4 aromatic rings. The van der Waals surface area contributed by atoms with Crippen LogP contribution in [0.5, 0.6) is 5.75 Å². The number of carbonyl (C=O) groups is 1. The number of carbonyl (C=O) groups excluding carboxylic acids is 1. The maximum Gasteiger partial charge on any atom is 0.282 e. The predicted molar refractivity (Wildman–Crippen MR) is 138 cm³/mol. The maximum atomic E-state index is 13.6. The molecule has 4 nitrogen and oxygen atoms in total. The molecular formula is C25H15Cl3N2O2S. The van der Waals surface area contributed by atoms with Gasteiger partial charge in [-0.15, -0.1) is 11.3 Å². The van der Waals surface area contributed by atoms with Gasteiger partial charge in [-0.25, -0.2) is 4.99 Å². The van der Waals surface area contributed by atoms with Crippen LogP contribution < -0.4 is 9.64 Å². The first-order valence-corrected chi connectivity index (χ1v) is 11.8. The second-order valence-corrected chi connectivity index (χ2v) is 9.48. The van der Waals surface area contributed by atoms with Gasteiger partial charge in [0.1, 0.15) is 11.4 Å². The molecule has 0 saturated carbocycles. The average Bonchev–Trinajstić information content (AvgIpc) is 3.32. The molecule has 3 aromatic carbocycles. The van der Waals surface area contributed by atoms with Gasteiger partial charge in [-0.05, 0) is 54.1 Å². The Morgan fingerprint density at radius 1 is 1.00 bits per heavy atom. The van der Waals surface area contributed by atoms with Crippen LogP contribution in [0.4, 0.5) is 5.69 Å². The molecule has 0 aliphatic carbocycles. The average molecular weight is 514 g/mol. The zero-order valence-electron chi connectivity index (χ0n) is 17.2. The molecule has 0 saturated heterocycles. The standard InChI is InChI=1S/C25H15Cl3N2O2S/c1-32-17-10-8-16(9-11-17)30-24(23-22(28)18-4-2-3-5-21(18)33-23)29-20(25(30)31)12-14-6-7-15(26)13-19(14)27/h2-13H,1H3/b20-12+. The van der Waals surface area contributed by atoms with Crippen molar-refractivity contribution in [1.82, 2.24) is 0 Å². The quantitative estimate of drug-likeness (QED) is 0.262. The Kier molecular flexibility index (Phi) is 5.89. The molecule has 8 heteroatoms. The van der Waals surface area contributed by atoms with E-state index in [1.165, 1.54) is 11.3 Å². The van der Waals surface area contributed by atoms with Gasteiger partial charge < -0.3 is 4.74 Å². The van der Waals surface area contributed by atoms with E-state index in [-0.39, 0.29) is 11.6 Å². The van der Waals surface area contributed by atoms with Crippen molar-refractivity contribution >= 4 is 79.7 Å². The first-order valence-electron chi connectivity index (χ1n) is 9.87. The molecule has 1 aromatic heterocycles. The number of anilines is 1. The molecule has 0 fully saturated rings. The number of methoxy groups -OCH3 is 1. The van der Waals surface area contributed by atoms with Gasteiger partial charge in [-0.2, -0.15) is 0 Å². The highest BCUT2D eigenvalue weighted by Gasteiger charge is 2.35. The Balaban J connectivity index is 1.68. The summed E-state index contributed by atoms with van der Waals surface area (Å²) in [4.78, 5) is 20.5. The third kappa shape index (κ3) is 4.02. The maximum absolute atomic E-state index is 13.6. The number of ether oxygens (including phenoxy) is 1. The van der Waals surface area contributed by atoms with Crippen LogP contribution in [0.3, 0.4) is 0 Å². The lowest BCUT2D eigenvalue weighted by Gasteiger charge is -2.18. The number of amidine groups is 1. The fraction of sp³-hybridized carbons (Fsp3) is 0.0400. The molecule has 0 unspecified atom stereocenters. The van der Waals surface area contributed by atoms with Crippen molar-refractivity contribution in [2.75, 3.05) is 12.0 Å². The topological polar surface area (TPSA) is 41.9 Å². The zero-order chi connectivity index (χ0) is 23.1. The van der Waals surface area contributed by atoms with Crippen LogP contribution in [0.1, 0.15) is 10.4 Å². The van der Waals surface area contributed by atoms with Gasteiger partial charge in [0, 0.05) is 20.1 Å². The van der Waals surface area contributed by atoms with Gasteiger partial charge in [0.25, 0.3) is 5.91 Å². The summed E-state index contributed by atoms with van der Waals surface area (Å²) in [5.41, 5.74) is 1.55. The summed E-state index contributed by atoms with van der Waals surface area (Å²) in [6, 6.07) is 20.1. The van der Waals surface area contributed by atoms with Crippen LogP contribution in [-0.4, -0.2) is 18.9 Å². The molecule has 0 spiro atoms. The highest BCUT2D eigenvalue weighted by Crippen LogP contribution is 2.39. The number of benzene rings is 3.